The highest BCUT2D eigenvalue weighted by atomic mass is 32.2. The van der Waals surface area contributed by atoms with Gasteiger partial charge in [-0.2, -0.15) is 21.6 Å². The molecular weight excluding hydrogens is 315 g/mol. The second-order valence-corrected chi connectivity index (χ2v) is 11.9. The SMILES string of the molecule is CO[Si](C)(C)CC(C)(C)CC(=O)NS(=O)(=O)C(F)(F)F. The van der Waals surface area contributed by atoms with Crippen molar-refractivity contribution < 1.29 is 30.8 Å². The van der Waals surface area contributed by atoms with Crippen LogP contribution >= 0.6 is 0 Å². The van der Waals surface area contributed by atoms with Crippen molar-refractivity contribution in [1.82, 2.24) is 4.72 Å². The number of nitrogens with one attached hydrogen (secondary N) is 1. The molecule has 0 aromatic rings. The molecule has 0 rings (SSSR count). The fourth-order valence-electron chi connectivity index (χ4n) is 1.97. The highest BCUT2D eigenvalue weighted by Crippen LogP contribution is 2.32. The van der Waals surface area contributed by atoms with Crippen LogP contribution in [-0.2, 0) is 19.2 Å². The van der Waals surface area contributed by atoms with Crippen LogP contribution in [-0.4, -0.2) is 35.3 Å². The van der Waals surface area contributed by atoms with E-state index in [0.29, 0.717) is 6.04 Å². The van der Waals surface area contributed by atoms with E-state index in [1.807, 2.05) is 13.1 Å². The molecule has 120 valence electrons. The smallest absolute Gasteiger partial charge is 0.420 e. The monoisotopic (exact) mass is 335 g/mol. The summed E-state index contributed by atoms with van der Waals surface area (Å²) in [4.78, 5) is 11.5. The zero-order chi connectivity index (χ0) is 16.4. The zero-order valence-electron chi connectivity index (χ0n) is 12.1. The first-order valence-corrected chi connectivity index (χ1v) is 10.4. The second kappa shape index (κ2) is 6.02. The maximum atomic E-state index is 12.1. The van der Waals surface area contributed by atoms with Crippen molar-refractivity contribution in [2.75, 3.05) is 7.11 Å². The first-order chi connectivity index (χ1) is 8.62. The molecule has 0 radical (unpaired) electrons. The number of halogens is 3. The van der Waals surface area contributed by atoms with Crippen LogP contribution in [0.5, 0.6) is 0 Å². The molecule has 0 aliphatic carbocycles. The fraction of sp³-hybridized carbons (Fsp3) is 0.900. The van der Waals surface area contributed by atoms with Gasteiger partial charge in [0.2, 0.25) is 5.91 Å². The van der Waals surface area contributed by atoms with E-state index in [0.717, 1.165) is 4.72 Å². The molecule has 0 aromatic carbocycles. The number of carbonyl (C=O) groups is 1. The van der Waals surface area contributed by atoms with Crippen LogP contribution < -0.4 is 4.72 Å². The Bertz CT molecular complexity index is 460. The molecule has 0 fully saturated rings. The van der Waals surface area contributed by atoms with Gasteiger partial charge in [0.05, 0.1) is 0 Å². The predicted molar refractivity (Wildman–Crippen MR) is 70.8 cm³/mol. The van der Waals surface area contributed by atoms with Crippen LogP contribution in [0.2, 0.25) is 19.1 Å². The molecule has 0 heterocycles. The number of amides is 1. The van der Waals surface area contributed by atoms with Crippen molar-refractivity contribution in [3.63, 3.8) is 0 Å². The van der Waals surface area contributed by atoms with Crippen molar-refractivity contribution >= 4 is 24.2 Å². The molecule has 1 N–H and O–H groups in total. The summed E-state index contributed by atoms with van der Waals surface area (Å²) in [6.45, 7) is 7.17. The van der Waals surface area contributed by atoms with Crippen molar-refractivity contribution in [3.05, 3.63) is 0 Å². The number of hydrogen-bond donors (Lipinski definition) is 1. The van der Waals surface area contributed by atoms with Crippen molar-refractivity contribution in [1.29, 1.82) is 0 Å². The topological polar surface area (TPSA) is 72.5 Å². The molecule has 0 atom stereocenters. The summed E-state index contributed by atoms with van der Waals surface area (Å²) < 4.78 is 64.4. The second-order valence-electron chi connectivity index (χ2n) is 5.96. The minimum Gasteiger partial charge on any atom is -0.420 e. The maximum Gasteiger partial charge on any atom is 0.516 e. The summed E-state index contributed by atoms with van der Waals surface area (Å²) in [5.74, 6) is -1.17. The van der Waals surface area contributed by atoms with Gasteiger partial charge in [0.25, 0.3) is 0 Å². The number of carbonyl (C=O) groups excluding carboxylic acids is 1. The molecule has 0 aromatic heterocycles. The van der Waals surface area contributed by atoms with E-state index in [9.17, 15) is 26.4 Å². The molecular formula is C10H20F3NO4SSi. The standard InChI is InChI=1S/C10H20F3NO4SSi/c1-9(2,7-20(4,5)18-3)6-8(15)14-19(16,17)10(11,12)13/h6-7H2,1-5H3,(H,14,15). The molecule has 10 heteroatoms. The van der Waals surface area contributed by atoms with E-state index in [1.165, 1.54) is 7.11 Å². The fourth-order valence-corrected chi connectivity index (χ4v) is 5.03. The molecule has 0 saturated carbocycles. The Morgan fingerprint density at radius 1 is 1.25 bits per heavy atom. The lowest BCUT2D eigenvalue weighted by molar-refractivity contribution is -0.121. The summed E-state index contributed by atoms with van der Waals surface area (Å²) in [7, 11) is -6.13. The van der Waals surface area contributed by atoms with E-state index >= 15 is 0 Å². The average molecular weight is 335 g/mol. The third-order valence-electron chi connectivity index (χ3n) is 2.65. The Kier molecular flexibility index (Phi) is 5.84. The van der Waals surface area contributed by atoms with E-state index in [1.54, 1.807) is 13.8 Å². The van der Waals surface area contributed by atoms with E-state index in [2.05, 4.69) is 0 Å². The third-order valence-corrected chi connectivity index (χ3v) is 6.67. The summed E-state index contributed by atoms with van der Waals surface area (Å²) in [6.07, 6.45) is -0.331. The Morgan fingerprint density at radius 3 is 2.05 bits per heavy atom. The lowest BCUT2D eigenvalue weighted by atomic mass is 9.92. The largest absolute Gasteiger partial charge is 0.516 e. The van der Waals surface area contributed by atoms with Gasteiger partial charge in [0.1, 0.15) is 0 Å². The highest BCUT2D eigenvalue weighted by Gasteiger charge is 2.47. The van der Waals surface area contributed by atoms with Gasteiger partial charge in [-0.1, -0.05) is 13.8 Å². The number of rotatable bonds is 6. The highest BCUT2D eigenvalue weighted by molar-refractivity contribution is 7.90. The third kappa shape index (κ3) is 6.22. The molecule has 0 aliphatic rings. The van der Waals surface area contributed by atoms with Crippen molar-refractivity contribution in [2.45, 2.75) is 44.9 Å². The minimum atomic E-state index is -5.64. The molecule has 0 aliphatic heterocycles. The van der Waals surface area contributed by atoms with Crippen LogP contribution in [0.1, 0.15) is 20.3 Å². The normalized spacial score (nSPS) is 14.2. The van der Waals surface area contributed by atoms with E-state index in [4.69, 9.17) is 4.43 Å². The quantitative estimate of drug-likeness (QED) is 0.756. The lowest BCUT2D eigenvalue weighted by Crippen LogP contribution is -2.43. The number of alkyl halides is 3. The van der Waals surface area contributed by atoms with Gasteiger partial charge >= 0.3 is 15.5 Å². The van der Waals surface area contributed by atoms with Crippen LogP contribution in [0.3, 0.4) is 0 Å². The van der Waals surface area contributed by atoms with E-state index in [-0.39, 0.29) is 6.42 Å². The summed E-state index contributed by atoms with van der Waals surface area (Å²) in [6, 6.07) is 0.510. The summed E-state index contributed by atoms with van der Waals surface area (Å²) in [5.41, 5.74) is -6.15. The van der Waals surface area contributed by atoms with Crippen molar-refractivity contribution in [2.24, 2.45) is 5.41 Å². The van der Waals surface area contributed by atoms with Gasteiger partial charge in [-0.3, -0.25) is 4.79 Å². The lowest BCUT2D eigenvalue weighted by Gasteiger charge is -2.31. The maximum absolute atomic E-state index is 12.1. The molecule has 20 heavy (non-hydrogen) atoms. The van der Waals surface area contributed by atoms with Gasteiger partial charge < -0.3 is 4.43 Å². The summed E-state index contributed by atoms with van der Waals surface area (Å²) in [5, 5.41) is 0. The molecule has 0 saturated heterocycles. The molecule has 5 nitrogen and oxygen atoms in total. The van der Waals surface area contributed by atoms with Crippen LogP contribution in [0.4, 0.5) is 13.2 Å². The Hall–Kier alpha value is -0.613. The zero-order valence-corrected chi connectivity index (χ0v) is 13.9. The summed E-state index contributed by atoms with van der Waals surface area (Å²) >= 11 is 0. The number of sulfonamides is 1. The number of hydrogen-bond acceptors (Lipinski definition) is 4. The Labute approximate surface area is 118 Å². The van der Waals surface area contributed by atoms with Crippen LogP contribution in [0, 0.1) is 5.41 Å². The van der Waals surface area contributed by atoms with Crippen LogP contribution in [0.15, 0.2) is 0 Å². The van der Waals surface area contributed by atoms with Gasteiger partial charge in [0.15, 0.2) is 8.32 Å². The van der Waals surface area contributed by atoms with Gasteiger partial charge in [-0.05, 0) is 24.6 Å². The molecule has 0 unspecified atom stereocenters. The molecule has 0 spiro atoms. The van der Waals surface area contributed by atoms with Crippen LogP contribution in [0.25, 0.3) is 0 Å². The molecule has 1 amide bonds. The van der Waals surface area contributed by atoms with E-state index < -0.39 is 35.2 Å². The first kappa shape index (κ1) is 19.4. The van der Waals surface area contributed by atoms with Gasteiger partial charge in [-0.15, -0.1) is 0 Å². The van der Waals surface area contributed by atoms with Gasteiger partial charge in [-0.25, -0.2) is 4.72 Å². The first-order valence-electron chi connectivity index (χ1n) is 5.79. The van der Waals surface area contributed by atoms with Gasteiger partial charge in [0, 0.05) is 13.5 Å². The average Bonchev–Trinajstić information content (AvgIpc) is 2.11. The molecule has 0 bridgehead atoms. The predicted octanol–water partition coefficient (Wildman–Crippen LogP) is 2.22. The van der Waals surface area contributed by atoms with Crippen molar-refractivity contribution in [3.8, 4) is 0 Å². The Balaban J connectivity index is 4.78. The Morgan fingerprint density at radius 2 is 1.70 bits per heavy atom. The minimum absolute atomic E-state index is 0.331.